The summed E-state index contributed by atoms with van der Waals surface area (Å²) in [5, 5.41) is 0. The van der Waals surface area contributed by atoms with Crippen molar-refractivity contribution in [1.29, 1.82) is 0 Å². The van der Waals surface area contributed by atoms with E-state index >= 15 is 0 Å². The van der Waals surface area contributed by atoms with Crippen molar-refractivity contribution in [3.05, 3.63) is 71.2 Å². The highest BCUT2D eigenvalue weighted by Gasteiger charge is 2.41. The maximum Gasteiger partial charge on any atom is 0.259 e. The first-order chi connectivity index (χ1) is 15.3. The van der Waals surface area contributed by atoms with Gasteiger partial charge in [0, 0.05) is 18.7 Å². The topological polar surface area (TPSA) is 111 Å². The molecule has 0 saturated carbocycles. The summed E-state index contributed by atoms with van der Waals surface area (Å²) in [5.74, 6) is -0.963. The van der Waals surface area contributed by atoms with Gasteiger partial charge < -0.3 is 9.47 Å². The summed E-state index contributed by atoms with van der Waals surface area (Å²) in [6.45, 7) is 4.42. The van der Waals surface area contributed by atoms with Gasteiger partial charge in [0.15, 0.2) is 15.3 Å². The predicted molar refractivity (Wildman–Crippen MR) is 122 cm³/mol. The Morgan fingerprint density at radius 3 is 2.03 bits per heavy atom. The average molecular weight is 473 g/mol. The van der Waals surface area contributed by atoms with Crippen molar-refractivity contribution in [1.82, 2.24) is 19.1 Å². The zero-order valence-electron chi connectivity index (χ0n) is 17.6. The maximum absolute atomic E-state index is 13.8. The van der Waals surface area contributed by atoms with E-state index in [0.29, 0.717) is 18.8 Å². The molecule has 11 heteroatoms. The largest absolute Gasteiger partial charge is 0.497 e. The highest BCUT2D eigenvalue weighted by molar-refractivity contribution is 7.71. The molecule has 3 aromatic rings. The Labute approximate surface area is 192 Å². The molecule has 1 aliphatic heterocycles. The third-order valence-corrected chi connectivity index (χ3v) is 6.04. The van der Waals surface area contributed by atoms with Crippen LogP contribution in [-0.4, -0.2) is 32.0 Å². The van der Waals surface area contributed by atoms with Crippen LogP contribution in [-0.2, 0) is 13.1 Å². The van der Waals surface area contributed by atoms with Crippen molar-refractivity contribution in [2.24, 2.45) is 0 Å². The van der Waals surface area contributed by atoms with Gasteiger partial charge in [-0.3, -0.25) is 33.5 Å². The summed E-state index contributed by atoms with van der Waals surface area (Å²) < 4.78 is 14.8. The Morgan fingerprint density at radius 1 is 1.03 bits per heavy atom. The van der Waals surface area contributed by atoms with Gasteiger partial charge in [0.1, 0.15) is 5.75 Å². The average Bonchev–Trinajstić information content (AvgIpc) is 2.77. The van der Waals surface area contributed by atoms with E-state index in [4.69, 9.17) is 33.9 Å². The fraction of sp³-hybridized carbons (Fsp3) is 0.286. The fourth-order valence-corrected chi connectivity index (χ4v) is 4.49. The van der Waals surface area contributed by atoms with Gasteiger partial charge in [-0.1, -0.05) is 12.1 Å². The third-order valence-electron chi connectivity index (χ3n) is 5.39. The molecule has 3 heterocycles. The van der Waals surface area contributed by atoms with E-state index < -0.39 is 22.8 Å². The van der Waals surface area contributed by atoms with Gasteiger partial charge in [-0.2, -0.15) is 0 Å². The van der Waals surface area contributed by atoms with Crippen LogP contribution < -0.4 is 20.6 Å². The van der Waals surface area contributed by atoms with Crippen LogP contribution in [0.4, 0.5) is 0 Å². The number of Topliss-reactive ketones (excluding diaryl/α,β-unsaturated/α-hetero) is 1. The van der Waals surface area contributed by atoms with E-state index in [1.165, 1.54) is 7.11 Å². The summed E-state index contributed by atoms with van der Waals surface area (Å²) >= 11 is 10.6. The van der Waals surface area contributed by atoms with Crippen LogP contribution in [0.2, 0.25) is 0 Å². The van der Waals surface area contributed by atoms with E-state index in [1.54, 1.807) is 33.4 Å². The number of rotatable bonds is 5. The van der Waals surface area contributed by atoms with E-state index in [0.717, 1.165) is 0 Å². The van der Waals surface area contributed by atoms with E-state index in [2.05, 4.69) is 9.97 Å². The normalized spacial score (nSPS) is 12.6. The number of H-pyrrole nitrogens is 2. The molecule has 0 atom stereocenters. The number of nitrogens with zero attached hydrogens (tertiary/aromatic N) is 2. The molecule has 0 radical (unpaired) electrons. The standard InChI is InChI=1S/C21H20N4O5S2/c1-4-24-18-13(16(27)22-20(24)31)12(15(26)10-7-6-8-11(9-10)29-3)14-17(28)23-21(32)25(5-2)19(14)30-18/h6-9,12H,4-5H2,1-3H3,(H,22,27,31)(H,23,28,32). The third kappa shape index (κ3) is 3.33. The summed E-state index contributed by atoms with van der Waals surface area (Å²) in [4.78, 5) is 45.0. The summed E-state index contributed by atoms with van der Waals surface area (Å²) in [5.41, 5.74) is -0.863. The number of fused-ring (bicyclic) bond motifs is 2. The first kappa shape index (κ1) is 21.9. The van der Waals surface area contributed by atoms with Gasteiger partial charge in [-0.25, -0.2) is 0 Å². The SMILES string of the molecule is CCn1c2c(c(=O)[nH]c1=S)C(C(=O)c1cccc(OC)c1)c1c(n(CC)c(=S)[nH]c1=O)O2. The van der Waals surface area contributed by atoms with Crippen molar-refractivity contribution < 1.29 is 14.3 Å². The number of methoxy groups -OCH3 is 1. The number of carbonyl (C=O) groups excluding carboxylic acids is 1. The molecule has 0 amide bonds. The Morgan fingerprint density at radius 2 is 1.56 bits per heavy atom. The number of hydrogen-bond donors (Lipinski definition) is 2. The van der Waals surface area contributed by atoms with Gasteiger partial charge in [0.05, 0.1) is 24.2 Å². The molecule has 2 N–H and O–H groups in total. The molecule has 32 heavy (non-hydrogen) atoms. The molecule has 4 rings (SSSR count). The highest BCUT2D eigenvalue weighted by atomic mass is 32.1. The van der Waals surface area contributed by atoms with Crippen LogP contribution in [0.5, 0.6) is 17.5 Å². The number of nitrogens with one attached hydrogen (secondary N) is 2. The quantitative estimate of drug-likeness (QED) is 0.433. The highest BCUT2D eigenvalue weighted by Crippen LogP contribution is 2.42. The summed E-state index contributed by atoms with van der Waals surface area (Å²) in [6.07, 6.45) is 0. The van der Waals surface area contributed by atoms with Crippen molar-refractivity contribution in [2.45, 2.75) is 32.9 Å². The lowest BCUT2D eigenvalue weighted by Gasteiger charge is -2.29. The summed E-state index contributed by atoms with van der Waals surface area (Å²) in [6, 6.07) is 6.53. The minimum absolute atomic E-state index is 0.0195. The monoisotopic (exact) mass is 472 g/mol. The van der Waals surface area contributed by atoms with E-state index in [9.17, 15) is 14.4 Å². The number of carbonyl (C=O) groups is 1. The van der Waals surface area contributed by atoms with Crippen molar-refractivity contribution in [2.75, 3.05) is 7.11 Å². The van der Waals surface area contributed by atoms with Crippen molar-refractivity contribution in [3.63, 3.8) is 0 Å². The molecule has 0 fully saturated rings. The minimum Gasteiger partial charge on any atom is -0.497 e. The second-order valence-electron chi connectivity index (χ2n) is 7.08. The Hall–Kier alpha value is -3.31. The second-order valence-corrected chi connectivity index (χ2v) is 7.85. The zero-order valence-corrected chi connectivity index (χ0v) is 19.2. The van der Waals surface area contributed by atoms with Crippen molar-refractivity contribution >= 4 is 30.2 Å². The van der Waals surface area contributed by atoms with Crippen LogP contribution >= 0.6 is 24.4 Å². The second kappa shape index (κ2) is 8.32. The molecule has 9 nitrogen and oxygen atoms in total. The lowest BCUT2D eigenvalue weighted by molar-refractivity contribution is 0.0965. The van der Waals surface area contributed by atoms with Gasteiger partial charge in [-0.05, 0) is 50.4 Å². The number of hydrogen-bond acceptors (Lipinski definition) is 7. The molecule has 2 aromatic heterocycles. The van der Waals surface area contributed by atoms with Crippen LogP contribution in [0.25, 0.3) is 0 Å². The first-order valence-corrected chi connectivity index (χ1v) is 10.7. The first-order valence-electron chi connectivity index (χ1n) is 9.92. The zero-order chi connectivity index (χ0) is 23.2. The van der Waals surface area contributed by atoms with Gasteiger partial charge in [0.25, 0.3) is 11.1 Å². The predicted octanol–water partition coefficient (Wildman–Crippen LogP) is 3.29. The molecule has 0 aliphatic carbocycles. The number of aromatic nitrogens is 4. The molecule has 0 bridgehead atoms. The molecular weight excluding hydrogens is 452 g/mol. The van der Waals surface area contributed by atoms with Crippen LogP contribution in [0, 0.1) is 9.54 Å². The molecule has 0 spiro atoms. The van der Waals surface area contributed by atoms with Crippen LogP contribution in [0.3, 0.4) is 0 Å². The number of benzene rings is 1. The number of ether oxygens (including phenoxy) is 2. The number of ketones is 1. The van der Waals surface area contributed by atoms with Gasteiger partial charge >= 0.3 is 0 Å². The Kier molecular flexibility index (Phi) is 5.70. The van der Waals surface area contributed by atoms with Crippen LogP contribution in [0.1, 0.15) is 41.3 Å². The summed E-state index contributed by atoms with van der Waals surface area (Å²) in [7, 11) is 1.49. The number of aromatic amines is 2. The Bertz CT molecular complexity index is 1400. The lowest BCUT2D eigenvalue weighted by Crippen LogP contribution is -2.36. The van der Waals surface area contributed by atoms with E-state index in [1.807, 2.05) is 13.8 Å². The molecule has 0 unspecified atom stereocenters. The molecule has 0 saturated heterocycles. The maximum atomic E-state index is 13.8. The van der Waals surface area contributed by atoms with Crippen LogP contribution in [0.15, 0.2) is 33.9 Å². The Balaban J connectivity index is 2.11. The fourth-order valence-electron chi connectivity index (χ4n) is 3.88. The molecule has 1 aliphatic rings. The van der Waals surface area contributed by atoms with Gasteiger partial charge in [0.2, 0.25) is 11.8 Å². The van der Waals surface area contributed by atoms with Gasteiger partial charge in [-0.15, -0.1) is 0 Å². The van der Waals surface area contributed by atoms with E-state index in [-0.39, 0.29) is 38.0 Å². The lowest BCUT2D eigenvalue weighted by atomic mass is 9.85. The molecule has 166 valence electrons. The molecular formula is C21H20N4O5S2. The molecule has 1 aromatic carbocycles. The minimum atomic E-state index is -1.23. The van der Waals surface area contributed by atoms with Crippen molar-refractivity contribution in [3.8, 4) is 17.5 Å². The smallest absolute Gasteiger partial charge is 0.259 e.